The quantitative estimate of drug-likeness (QED) is 0.921. The molecule has 1 unspecified atom stereocenters. The van der Waals surface area contributed by atoms with Crippen LogP contribution in [0.15, 0.2) is 24.5 Å². The Hall–Kier alpha value is -2.37. The molecular weight excluding hydrogens is 280 g/mol. The Labute approximate surface area is 128 Å². The standard InChI is InChI=1S/C16H18N4O2/c1-10-2-5-12-13(19(10)16(22)11-3-4-11)6-7-14(15(12)21)20-17-8-9-18-20/h6-11,21H,2-5H2,1H3. The highest BCUT2D eigenvalue weighted by molar-refractivity contribution is 5.98. The monoisotopic (exact) mass is 298 g/mol. The van der Waals surface area contributed by atoms with Crippen LogP contribution < -0.4 is 4.90 Å². The van der Waals surface area contributed by atoms with Gasteiger partial charge in [-0.3, -0.25) is 4.79 Å². The van der Waals surface area contributed by atoms with Crippen LogP contribution in [0.3, 0.4) is 0 Å². The van der Waals surface area contributed by atoms with Crippen LogP contribution in [0.2, 0.25) is 0 Å². The molecule has 2 heterocycles. The highest BCUT2D eigenvalue weighted by atomic mass is 16.3. The zero-order valence-electron chi connectivity index (χ0n) is 12.4. The Morgan fingerprint density at radius 3 is 2.55 bits per heavy atom. The first-order valence-corrected chi connectivity index (χ1v) is 7.71. The lowest BCUT2D eigenvalue weighted by molar-refractivity contribution is -0.120. The average molecular weight is 298 g/mol. The van der Waals surface area contributed by atoms with E-state index in [1.165, 1.54) is 4.80 Å². The molecule has 1 aromatic heterocycles. The Morgan fingerprint density at radius 2 is 1.86 bits per heavy atom. The maximum absolute atomic E-state index is 12.6. The van der Waals surface area contributed by atoms with Crippen molar-refractivity contribution in [2.75, 3.05) is 4.90 Å². The number of aromatic nitrogens is 3. The second-order valence-electron chi connectivity index (χ2n) is 6.12. The Morgan fingerprint density at radius 1 is 1.18 bits per heavy atom. The van der Waals surface area contributed by atoms with Crippen LogP contribution in [-0.4, -0.2) is 32.0 Å². The highest BCUT2D eigenvalue weighted by Crippen LogP contribution is 2.42. The Balaban J connectivity index is 1.80. The number of benzene rings is 1. The van der Waals surface area contributed by atoms with Crippen LogP contribution in [0, 0.1) is 5.92 Å². The molecule has 1 aliphatic heterocycles. The molecule has 1 fully saturated rings. The topological polar surface area (TPSA) is 71.2 Å². The molecular formula is C16H18N4O2. The fraction of sp³-hybridized carbons (Fsp3) is 0.438. The molecule has 1 aromatic carbocycles. The van der Waals surface area contributed by atoms with E-state index in [2.05, 4.69) is 17.1 Å². The molecule has 0 saturated heterocycles. The van der Waals surface area contributed by atoms with Crippen LogP contribution >= 0.6 is 0 Å². The third-order valence-electron chi connectivity index (χ3n) is 4.55. The molecule has 1 N–H and O–H groups in total. The smallest absolute Gasteiger partial charge is 0.230 e. The van der Waals surface area contributed by atoms with Crippen molar-refractivity contribution < 1.29 is 9.90 Å². The number of fused-ring (bicyclic) bond motifs is 1. The van der Waals surface area contributed by atoms with Crippen molar-refractivity contribution in [1.82, 2.24) is 15.0 Å². The van der Waals surface area contributed by atoms with Gasteiger partial charge in [0.1, 0.15) is 11.4 Å². The molecule has 0 spiro atoms. The molecule has 1 aliphatic carbocycles. The lowest BCUT2D eigenvalue weighted by Gasteiger charge is -2.36. The van der Waals surface area contributed by atoms with Gasteiger partial charge in [0, 0.05) is 17.5 Å². The zero-order valence-corrected chi connectivity index (χ0v) is 12.4. The molecule has 1 amide bonds. The first kappa shape index (κ1) is 13.3. The third-order valence-corrected chi connectivity index (χ3v) is 4.55. The summed E-state index contributed by atoms with van der Waals surface area (Å²) in [5.41, 5.74) is 2.21. The lowest BCUT2D eigenvalue weighted by atomic mass is 9.94. The van der Waals surface area contributed by atoms with Crippen LogP contribution in [-0.2, 0) is 11.2 Å². The number of hydrogen-bond acceptors (Lipinski definition) is 4. The summed E-state index contributed by atoms with van der Waals surface area (Å²) in [5.74, 6) is 0.537. The number of phenols is 1. The van der Waals surface area contributed by atoms with E-state index in [4.69, 9.17) is 0 Å². The number of anilines is 1. The highest BCUT2D eigenvalue weighted by Gasteiger charge is 2.39. The van der Waals surface area contributed by atoms with Crippen molar-refractivity contribution in [2.24, 2.45) is 5.92 Å². The van der Waals surface area contributed by atoms with Gasteiger partial charge in [-0.05, 0) is 44.7 Å². The minimum absolute atomic E-state index is 0.169. The summed E-state index contributed by atoms with van der Waals surface area (Å²) in [7, 11) is 0. The average Bonchev–Trinajstić information content (AvgIpc) is 3.23. The maximum atomic E-state index is 12.6. The predicted octanol–water partition coefficient (Wildman–Crippen LogP) is 2.05. The number of rotatable bonds is 2. The van der Waals surface area contributed by atoms with Gasteiger partial charge in [-0.25, -0.2) is 0 Å². The minimum Gasteiger partial charge on any atom is -0.505 e. The molecule has 1 atom stereocenters. The van der Waals surface area contributed by atoms with Crippen LogP contribution in [0.4, 0.5) is 5.69 Å². The molecule has 6 heteroatoms. The summed E-state index contributed by atoms with van der Waals surface area (Å²) < 4.78 is 0. The summed E-state index contributed by atoms with van der Waals surface area (Å²) in [4.78, 5) is 15.8. The number of amides is 1. The fourth-order valence-corrected chi connectivity index (χ4v) is 3.17. The number of hydrogen-bond donors (Lipinski definition) is 1. The van der Waals surface area contributed by atoms with E-state index in [1.807, 2.05) is 11.0 Å². The van der Waals surface area contributed by atoms with E-state index in [0.29, 0.717) is 5.69 Å². The first-order chi connectivity index (χ1) is 10.7. The van der Waals surface area contributed by atoms with Crippen LogP contribution in [0.1, 0.15) is 31.7 Å². The van der Waals surface area contributed by atoms with E-state index in [9.17, 15) is 9.90 Å². The number of carbonyl (C=O) groups is 1. The third kappa shape index (κ3) is 1.98. The van der Waals surface area contributed by atoms with E-state index >= 15 is 0 Å². The second-order valence-corrected chi connectivity index (χ2v) is 6.12. The molecule has 114 valence electrons. The fourth-order valence-electron chi connectivity index (χ4n) is 3.17. The Kier molecular flexibility index (Phi) is 2.92. The van der Waals surface area contributed by atoms with Gasteiger partial charge in [-0.15, -0.1) is 4.80 Å². The molecule has 1 saturated carbocycles. The van der Waals surface area contributed by atoms with Crippen molar-refractivity contribution >= 4 is 11.6 Å². The molecule has 2 aliphatic rings. The second kappa shape index (κ2) is 4.83. The van der Waals surface area contributed by atoms with Crippen molar-refractivity contribution in [3.05, 3.63) is 30.1 Å². The van der Waals surface area contributed by atoms with Crippen molar-refractivity contribution in [2.45, 2.75) is 38.6 Å². The van der Waals surface area contributed by atoms with Gasteiger partial charge in [0.2, 0.25) is 5.91 Å². The summed E-state index contributed by atoms with van der Waals surface area (Å²) in [6.07, 6.45) is 6.73. The van der Waals surface area contributed by atoms with Crippen LogP contribution in [0.5, 0.6) is 5.75 Å². The van der Waals surface area contributed by atoms with E-state index < -0.39 is 0 Å². The van der Waals surface area contributed by atoms with Gasteiger partial charge in [0.05, 0.1) is 18.1 Å². The molecule has 0 bridgehead atoms. The number of nitrogens with zero attached hydrogens (tertiary/aromatic N) is 4. The van der Waals surface area contributed by atoms with Crippen LogP contribution in [0.25, 0.3) is 5.69 Å². The number of aromatic hydroxyl groups is 1. The number of phenolic OH excluding ortho intramolecular Hbond substituents is 1. The molecule has 2 aromatic rings. The largest absolute Gasteiger partial charge is 0.505 e. The predicted molar refractivity (Wildman–Crippen MR) is 81.0 cm³/mol. The van der Waals surface area contributed by atoms with E-state index in [0.717, 1.165) is 36.9 Å². The zero-order chi connectivity index (χ0) is 15.3. The van der Waals surface area contributed by atoms with Gasteiger partial charge in [-0.2, -0.15) is 10.2 Å². The molecule has 6 nitrogen and oxygen atoms in total. The van der Waals surface area contributed by atoms with Gasteiger partial charge < -0.3 is 10.0 Å². The van der Waals surface area contributed by atoms with Gasteiger partial charge in [-0.1, -0.05) is 0 Å². The molecule has 4 rings (SSSR count). The van der Waals surface area contributed by atoms with Gasteiger partial charge in [0.15, 0.2) is 0 Å². The van der Waals surface area contributed by atoms with Crippen molar-refractivity contribution in [1.29, 1.82) is 0 Å². The van der Waals surface area contributed by atoms with E-state index in [1.54, 1.807) is 18.5 Å². The summed E-state index contributed by atoms with van der Waals surface area (Å²) in [5, 5.41) is 18.7. The normalized spacial score (nSPS) is 20.8. The minimum atomic E-state index is 0.169. The molecule has 22 heavy (non-hydrogen) atoms. The van der Waals surface area contributed by atoms with Crippen molar-refractivity contribution in [3.8, 4) is 11.4 Å². The maximum Gasteiger partial charge on any atom is 0.230 e. The Bertz CT molecular complexity index is 722. The summed E-state index contributed by atoms with van der Waals surface area (Å²) >= 11 is 0. The summed E-state index contributed by atoms with van der Waals surface area (Å²) in [6.45, 7) is 2.07. The van der Waals surface area contributed by atoms with Gasteiger partial charge >= 0.3 is 0 Å². The SMILES string of the molecule is CC1CCc2c(ccc(-n3nccn3)c2O)N1C(=O)C1CC1. The summed E-state index contributed by atoms with van der Waals surface area (Å²) in [6, 6.07) is 3.86. The van der Waals surface area contributed by atoms with Gasteiger partial charge in [0.25, 0.3) is 0 Å². The number of carbonyl (C=O) groups excluding carboxylic acids is 1. The van der Waals surface area contributed by atoms with Crippen molar-refractivity contribution in [3.63, 3.8) is 0 Å². The van der Waals surface area contributed by atoms with E-state index in [-0.39, 0.29) is 23.6 Å². The lowest BCUT2D eigenvalue weighted by Crippen LogP contribution is -2.43. The molecule has 0 radical (unpaired) electrons. The first-order valence-electron chi connectivity index (χ1n) is 7.71.